The first-order valence-electron chi connectivity index (χ1n) is 13.1. The molecule has 4 aromatic rings. The largest absolute Gasteiger partial charge is 0.381 e. The third-order valence-electron chi connectivity index (χ3n) is 8.17. The second-order valence-corrected chi connectivity index (χ2v) is 10.8. The van der Waals surface area contributed by atoms with E-state index in [0.29, 0.717) is 12.1 Å². The van der Waals surface area contributed by atoms with Crippen molar-refractivity contribution in [2.24, 2.45) is 0 Å². The van der Waals surface area contributed by atoms with Crippen molar-refractivity contribution in [2.75, 3.05) is 18.6 Å². The van der Waals surface area contributed by atoms with Gasteiger partial charge >= 0.3 is 0 Å². The van der Waals surface area contributed by atoms with Crippen LogP contribution in [0, 0.1) is 19.7 Å². The Hall–Kier alpha value is -2.90. The number of anilines is 1. The Bertz CT molecular complexity index is 1420. The van der Waals surface area contributed by atoms with Crippen LogP contribution in [0.4, 0.5) is 10.1 Å². The maximum atomic E-state index is 13.9. The van der Waals surface area contributed by atoms with Crippen molar-refractivity contribution < 1.29 is 13.7 Å². The second-order valence-electron chi connectivity index (χ2n) is 10.4. The van der Waals surface area contributed by atoms with Crippen molar-refractivity contribution in [1.29, 1.82) is 0 Å². The van der Waals surface area contributed by atoms with Gasteiger partial charge in [-0.05, 0) is 88.3 Å². The SMILES string of the molecule is COC1CCC(n2c([C@@H]3CCCN3c3ccc(F)c(Cl)c3)nc3cc(-c4c(C)noc4C)ccc32)CC1. The lowest BCUT2D eigenvalue weighted by Gasteiger charge is -2.33. The van der Waals surface area contributed by atoms with E-state index in [1.807, 2.05) is 27.0 Å². The molecule has 2 aromatic heterocycles. The van der Waals surface area contributed by atoms with Crippen molar-refractivity contribution in [3.63, 3.8) is 0 Å². The lowest BCUT2D eigenvalue weighted by atomic mass is 9.92. The molecular weight excluding hydrogens is 491 g/mol. The van der Waals surface area contributed by atoms with Crippen LogP contribution in [0.15, 0.2) is 40.9 Å². The molecule has 2 fully saturated rings. The molecule has 8 heteroatoms. The number of ether oxygens (including phenoxy) is 1. The highest BCUT2D eigenvalue weighted by molar-refractivity contribution is 6.31. The van der Waals surface area contributed by atoms with E-state index < -0.39 is 5.82 Å². The summed E-state index contributed by atoms with van der Waals surface area (Å²) in [5.74, 6) is 1.49. The summed E-state index contributed by atoms with van der Waals surface area (Å²) in [5, 5.41) is 4.30. The number of hydrogen-bond donors (Lipinski definition) is 0. The fourth-order valence-electron chi connectivity index (χ4n) is 6.33. The Morgan fingerprint density at radius 2 is 1.86 bits per heavy atom. The van der Waals surface area contributed by atoms with E-state index in [0.717, 1.165) is 90.2 Å². The van der Waals surface area contributed by atoms with Crippen LogP contribution in [0.2, 0.25) is 5.02 Å². The summed E-state index contributed by atoms with van der Waals surface area (Å²) >= 11 is 6.18. The average Bonchev–Trinajstić information content (AvgIpc) is 3.62. The van der Waals surface area contributed by atoms with Crippen molar-refractivity contribution in [2.45, 2.75) is 70.6 Å². The number of aromatic nitrogens is 3. The van der Waals surface area contributed by atoms with Crippen LogP contribution < -0.4 is 4.90 Å². The standard InChI is InChI=1S/C29H32ClFN4O2/c1-17-28(18(2)37-33-17)19-6-13-26-25(15-19)32-29(35(26)20-7-10-22(36-3)11-8-20)27-5-4-14-34(27)21-9-12-24(31)23(30)16-21/h6,9,12-13,15-16,20,22,27H,4-5,7-8,10-11,14H2,1-3H3/t20?,22?,27-/m0/s1. The van der Waals surface area contributed by atoms with E-state index >= 15 is 0 Å². The number of nitrogens with zero attached hydrogens (tertiary/aromatic N) is 4. The molecular formula is C29H32ClFN4O2. The van der Waals surface area contributed by atoms with Gasteiger partial charge in [0.2, 0.25) is 0 Å². The number of imidazole rings is 1. The highest BCUT2D eigenvalue weighted by atomic mass is 35.5. The molecule has 0 bridgehead atoms. The minimum atomic E-state index is -0.393. The van der Waals surface area contributed by atoms with E-state index in [9.17, 15) is 4.39 Å². The summed E-state index contributed by atoms with van der Waals surface area (Å²) in [5.41, 5.74) is 6.04. The van der Waals surface area contributed by atoms with Crippen LogP contribution in [0.5, 0.6) is 0 Å². The first kappa shape index (κ1) is 24.4. The zero-order valence-corrected chi connectivity index (χ0v) is 22.3. The zero-order valence-electron chi connectivity index (χ0n) is 21.5. The Morgan fingerprint density at radius 3 is 2.57 bits per heavy atom. The summed E-state index contributed by atoms with van der Waals surface area (Å²) in [6.45, 7) is 4.80. The number of hydrogen-bond acceptors (Lipinski definition) is 5. The molecule has 1 saturated carbocycles. The Balaban J connectivity index is 1.46. The van der Waals surface area contributed by atoms with Gasteiger partial charge in [0.25, 0.3) is 0 Å². The van der Waals surface area contributed by atoms with E-state index in [1.54, 1.807) is 6.07 Å². The second kappa shape index (κ2) is 9.76. The molecule has 0 unspecified atom stereocenters. The molecule has 1 saturated heterocycles. The lowest BCUT2D eigenvalue weighted by molar-refractivity contribution is 0.0584. The monoisotopic (exact) mass is 522 g/mol. The fraction of sp³-hybridized carbons (Fsp3) is 0.448. The molecule has 0 N–H and O–H groups in total. The molecule has 0 amide bonds. The summed E-state index contributed by atoms with van der Waals surface area (Å²) < 4.78 is 27.5. The Morgan fingerprint density at radius 1 is 1.05 bits per heavy atom. The van der Waals surface area contributed by atoms with Gasteiger partial charge < -0.3 is 18.7 Å². The average molecular weight is 523 g/mol. The van der Waals surface area contributed by atoms with Gasteiger partial charge in [-0.25, -0.2) is 9.37 Å². The summed E-state index contributed by atoms with van der Waals surface area (Å²) in [4.78, 5) is 7.62. The van der Waals surface area contributed by atoms with Gasteiger partial charge in [-0.3, -0.25) is 0 Å². The Labute approximate surface area is 221 Å². The van der Waals surface area contributed by atoms with Gasteiger partial charge in [-0.2, -0.15) is 0 Å². The van der Waals surface area contributed by atoms with E-state index in [-0.39, 0.29) is 11.1 Å². The van der Waals surface area contributed by atoms with Crippen LogP contribution in [0.1, 0.15) is 67.9 Å². The first-order chi connectivity index (χ1) is 17.9. The van der Waals surface area contributed by atoms with Crippen LogP contribution in [0.3, 0.4) is 0 Å². The molecule has 1 aliphatic heterocycles. The highest BCUT2D eigenvalue weighted by Crippen LogP contribution is 2.42. The summed E-state index contributed by atoms with van der Waals surface area (Å²) in [6, 6.07) is 12.0. The molecule has 1 aliphatic carbocycles. The molecule has 6 nitrogen and oxygen atoms in total. The third kappa shape index (κ3) is 4.32. The minimum absolute atomic E-state index is 0.0941. The molecule has 1 atom stereocenters. The Kier molecular flexibility index (Phi) is 6.45. The molecule has 2 aromatic carbocycles. The van der Waals surface area contributed by atoms with Gasteiger partial charge in [-0.1, -0.05) is 22.8 Å². The molecule has 3 heterocycles. The minimum Gasteiger partial charge on any atom is -0.381 e. The normalized spacial score (nSPS) is 22.3. The molecule has 0 spiro atoms. The number of methoxy groups -OCH3 is 1. The third-order valence-corrected chi connectivity index (χ3v) is 8.46. The number of aryl methyl sites for hydroxylation is 2. The lowest BCUT2D eigenvalue weighted by Crippen LogP contribution is -2.28. The number of halogens is 2. The number of rotatable bonds is 5. The van der Waals surface area contributed by atoms with Gasteiger partial charge in [-0.15, -0.1) is 0 Å². The van der Waals surface area contributed by atoms with Gasteiger partial charge in [0.1, 0.15) is 17.4 Å². The van der Waals surface area contributed by atoms with E-state index in [4.69, 9.17) is 25.8 Å². The maximum Gasteiger partial charge on any atom is 0.141 e. The molecule has 37 heavy (non-hydrogen) atoms. The quantitative estimate of drug-likeness (QED) is 0.270. The predicted molar refractivity (Wildman–Crippen MR) is 144 cm³/mol. The number of fused-ring (bicyclic) bond motifs is 1. The van der Waals surface area contributed by atoms with Crippen molar-refractivity contribution in [1.82, 2.24) is 14.7 Å². The van der Waals surface area contributed by atoms with E-state index in [2.05, 4.69) is 32.8 Å². The van der Waals surface area contributed by atoms with Crippen molar-refractivity contribution >= 4 is 28.3 Å². The smallest absolute Gasteiger partial charge is 0.141 e. The summed E-state index contributed by atoms with van der Waals surface area (Å²) in [7, 11) is 1.81. The van der Waals surface area contributed by atoms with Gasteiger partial charge in [0.05, 0.1) is 33.9 Å². The maximum absolute atomic E-state index is 13.9. The highest BCUT2D eigenvalue weighted by Gasteiger charge is 2.34. The predicted octanol–water partition coefficient (Wildman–Crippen LogP) is 7.57. The topological polar surface area (TPSA) is 56.3 Å². The zero-order chi connectivity index (χ0) is 25.7. The fourth-order valence-corrected chi connectivity index (χ4v) is 6.51. The van der Waals surface area contributed by atoms with Crippen molar-refractivity contribution in [3.05, 3.63) is 64.5 Å². The van der Waals surface area contributed by atoms with Crippen LogP contribution in [0.25, 0.3) is 22.2 Å². The van der Waals surface area contributed by atoms with Gasteiger partial charge in [0.15, 0.2) is 0 Å². The molecule has 194 valence electrons. The van der Waals surface area contributed by atoms with Gasteiger partial charge in [0, 0.05) is 30.9 Å². The molecule has 2 aliphatic rings. The number of benzene rings is 2. The van der Waals surface area contributed by atoms with E-state index in [1.165, 1.54) is 6.07 Å². The summed E-state index contributed by atoms with van der Waals surface area (Å²) in [6.07, 6.45) is 6.55. The molecule has 0 radical (unpaired) electrons. The van der Waals surface area contributed by atoms with Crippen LogP contribution >= 0.6 is 11.6 Å². The molecule has 6 rings (SSSR count). The van der Waals surface area contributed by atoms with Crippen LogP contribution in [-0.2, 0) is 4.74 Å². The van der Waals surface area contributed by atoms with Crippen molar-refractivity contribution in [3.8, 4) is 11.1 Å². The van der Waals surface area contributed by atoms with Crippen LogP contribution in [-0.4, -0.2) is 34.5 Å². The first-order valence-corrected chi connectivity index (χ1v) is 13.5.